The number of rotatable bonds is 11. The maximum atomic E-state index is 13.7. The molecular weight excluding hydrogens is 513 g/mol. The normalized spacial score (nSPS) is 11.7. The number of hydrogen-bond acceptors (Lipinski definition) is 8. The summed E-state index contributed by atoms with van der Waals surface area (Å²) in [5, 5.41) is 25.0. The Morgan fingerprint density at radius 3 is 1.81 bits per heavy atom. The molecule has 0 aliphatic rings. The molecule has 0 aliphatic carbocycles. The first kappa shape index (κ1) is 30.5. The average molecular weight is 542 g/mol. The molecule has 0 saturated carbocycles. The van der Waals surface area contributed by atoms with Gasteiger partial charge in [0, 0.05) is 19.2 Å². The fraction of sp³-hybridized carbons (Fsp3) is 0.333. The maximum Gasteiger partial charge on any atom is 1.00 e. The molecule has 1 heterocycles. The molecular formula is C24H28KN3O7S. The zero-order valence-corrected chi connectivity index (χ0v) is 24.9. The Balaban J connectivity index is 0.00000456. The summed E-state index contributed by atoms with van der Waals surface area (Å²) < 4.78 is 39.9. The second kappa shape index (κ2) is 12.7. The first-order valence-electron chi connectivity index (χ1n) is 10.7. The molecule has 188 valence electrons. The summed E-state index contributed by atoms with van der Waals surface area (Å²) in [6.07, 6.45) is 0. The monoisotopic (exact) mass is 541 g/mol. The molecule has 12 heteroatoms. The molecule has 0 spiro atoms. The number of sulfonamides is 1. The minimum atomic E-state index is -4.27. The van der Waals surface area contributed by atoms with Crippen molar-refractivity contribution in [3.63, 3.8) is 0 Å². The van der Waals surface area contributed by atoms with Crippen LogP contribution in [0.2, 0.25) is 0 Å². The van der Waals surface area contributed by atoms with E-state index in [4.69, 9.17) is 9.47 Å². The van der Waals surface area contributed by atoms with Crippen molar-refractivity contribution in [3.8, 4) is 11.5 Å². The van der Waals surface area contributed by atoms with Gasteiger partial charge in [-0.1, -0.05) is 24.3 Å². The Kier molecular flexibility index (Phi) is 10.7. The molecule has 0 aliphatic heterocycles. The van der Waals surface area contributed by atoms with Crippen LogP contribution in [0.1, 0.15) is 35.5 Å². The van der Waals surface area contributed by atoms with Crippen molar-refractivity contribution in [1.29, 1.82) is 0 Å². The van der Waals surface area contributed by atoms with Gasteiger partial charge in [-0.15, -0.1) is 0 Å². The van der Waals surface area contributed by atoms with E-state index >= 15 is 0 Å². The smallest absolute Gasteiger partial charge is 0.543 e. The summed E-state index contributed by atoms with van der Waals surface area (Å²) in [5.41, 5.74) is -0.229. The molecule has 0 saturated heterocycles. The number of benzene rings is 2. The molecule has 1 aromatic heterocycles. The van der Waals surface area contributed by atoms with Crippen LogP contribution in [0.4, 0.5) is 0 Å². The van der Waals surface area contributed by atoms with Crippen LogP contribution in [0, 0.1) is 0 Å². The number of aliphatic hydroxyl groups excluding tert-OH is 1. The third-order valence-corrected chi connectivity index (χ3v) is 7.16. The number of aromatic carboxylic acids is 1. The molecule has 0 bridgehead atoms. The van der Waals surface area contributed by atoms with E-state index in [-0.39, 0.29) is 64.5 Å². The number of carboxylic acid groups (broad SMARTS) is 1. The number of methoxy groups -OCH3 is 2. The Bertz CT molecular complexity index is 1220. The van der Waals surface area contributed by atoms with Crippen molar-refractivity contribution in [3.05, 3.63) is 71.4 Å². The summed E-state index contributed by atoms with van der Waals surface area (Å²) in [6, 6.07) is 14.8. The van der Waals surface area contributed by atoms with Crippen LogP contribution in [0.3, 0.4) is 0 Å². The van der Waals surface area contributed by atoms with Crippen LogP contribution in [-0.4, -0.2) is 54.4 Å². The number of carbonyl (C=O) groups is 1. The van der Waals surface area contributed by atoms with Crippen molar-refractivity contribution in [2.45, 2.75) is 37.5 Å². The molecule has 3 aromatic rings. The van der Waals surface area contributed by atoms with E-state index in [1.165, 1.54) is 32.4 Å². The standard InChI is InChI=1S/C24H29N3O7S.K/c1-24(2,16-28)27-21(23(29)30)13-22(25-27)35(31,32)26(14-17-5-9-19(33-3)10-6-17)15-18-7-11-20(34-4)12-8-18;/h5-13,28H,14-16H2,1-4H3,(H,29,30);/q;+1/p-1. The second-order valence-electron chi connectivity index (χ2n) is 8.51. The quantitative estimate of drug-likeness (QED) is 0.287. The van der Waals surface area contributed by atoms with E-state index in [0.717, 1.165) is 10.7 Å². The van der Waals surface area contributed by atoms with Crippen LogP contribution in [0.15, 0.2) is 59.6 Å². The number of hydrogen-bond donors (Lipinski definition) is 1. The van der Waals surface area contributed by atoms with E-state index in [9.17, 15) is 23.4 Å². The topological polar surface area (TPSA) is 134 Å². The minimum Gasteiger partial charge on any atom is -0.543 e. The van der Waals surface area contributed by atoms with Crippen molar-refractivity contribution in [2.75, 3.05) is 20.8 Å². The summed E-state index contributed by atoms with van der Waals surface area (Å²) in [7, 11) is -1.19. The van der Waals surface area contributed by atoms with Crippen LogP contribution in [0.5, 0.6) is 11.5 Å². The fourth-order valence-electron chi connectivity index (χ4n) is 3.39. The number of aliphatic hydroxyl groups is 1. The third-order valence-electron chi connectivity index (χ3n) is 5.50. The van der Waals surface area contributed by atoms with Crippen molar-refractivity contribution < 1.29 is 84.3 Å². The molecule has 1 N–H and O–H groups in total. The van der Waals surface area contributed by atoms with Gasteiger partial charge in [0.2, 0.25) is 0 Å². The first-order valence-corrected chi connectivity index (χ1v) is 12.1. The van der Waals surface area contributed by atoms with Crippen LogP contribution >= 0.6 is 0 Å². The largest absolute Gasteiger partial charge is 1.00 e. The number of aromatic nitrogens is 2. The van der Waals surface area contributed by atoms with E-state index in [0.29, 0.717) is 22.6 Å². The fourth-order valence-corrected chi connectivity index (χ4v) is 4.73. The van der Waals surface area contributed by atoms with Gasteiger partial charge in [-0.05, 0) is 49.2 Å². The van der Waals surface area contributed by atoms with E-state index in [1.54, 1.807) is 48.5 Å². The molecule has 36 heavy (non-hydrogen) atoms. The summed E-state index contributed by atoms with van der Waals surface area (Å²) in [4.78, 5) is 11.7. The van der Waals surface area contributed by atoms with Crippen molar-refractivity contribution >= 4 is 16.0 Å². The Labute approximate surface area is 253 Å². The van der Waals surface area contributed by atoms with Gasteiger partial charge >= 0.3 is 51.4 Å². The number of nitrogens with zero attached hydrogens (tertiary/aromatic N) is 3. The van der Waals surface area contributed by atoms with Gasteiger partial charge in [0.25, 0.3) is 10.0 Å². The minimum absolute atomic E-state index is 0. The van der Waals surface area contributed by atoms with Gasteiger partial charge in [-0.2, -0.15) is 9.40 Å². The van der Waals surface area contributed by atoms with E-state index in [1.807, 2.05) is 0 Å². The van der Waals surface area contributed by atoms with Gasteiger partial charge in [0.05, 0.1) is 38.0 Å². The first-order chi connectivity index (χ1) is 16.5. The second-order valence-corrected chi connectivity index (χ2v) is 10.4. The Hall–Kier alpha value is -1.77. The maximum absolute atomic E-state index is 13.7. The number of carbonyl (C=O) groups excluding carboxylic acids is 1. The zero-order valence-electron chi connectivity index (χ0n) is 21.0. The van der Waals surface area contributed by atoms with Gasteiger partial charge < -0.3 is 24.5 Å². The molecule has 0 atom stereocenters. The SMILES string of the molecule is COc1ccc(CN(Cc2ccc(OC)cc2)S(=O)(=O)c2cc(C(=O)[O-])n(C(C)(C)CO)n2)cc1.[K+]. The summed E-state index contributed by atoms with van der Waals surface area (Å²) >= 11 is 0. The molecule has 10 nitrogen and oxygen atoms in total. The third kappa shape index (κ3) is 6.95. The Morgan fingerprint density at radius 2 is 1.44 bits per heavy atom. The van der Waals surface area contributed by atoms with Crippen LogP contribution in [-0.2, 0) is 28.7 Å². The predicted molar refractivity (Wildman–Crippen MR) is 125 cm³/mol. The van der Waals surface area contributed by atoms with Crippen molar-refractivity contribution in [2.24, 2.45) is 0 Å². The van der Waals surface area contributed by atoms with E-state index in [2.05, 4.69) is 5.10 Å². The molecule has 0 unspecified atom stereocenters. The van der Waals surface area contributed by atoms with E-state index < -0.39 is 38.9 Å². The molecule has 0 radical (unpaired) electrons. The molecule has 3 rings (SSSR count). The average Bonchev–Trinajstić information content (AvgIpc) is 3.32. The molecule has 2 aromatic carbocycles. The van der Waals surface area contributed by atoms with Gasteiger partial charge in [0.1, 0.15) is 11.5 Å². The van der Waals surface area contributed by atoms with Gasteiger partial charge in [0.15, 0.2) is 5.03 Å². The van der Waals surface area contributed by atoms with Gasteiger partial charge in [-0.3, -0.25) is 4.68 Å². The molecule has 0 amide bonds. The predicted octanol–water partition coefficient (Wildman–Crippen LogP) is -1.61. The number of carboxylic acids is 1. The summed E-state index contributed by atoms with van der Waals surface area (Å²) in [6.45, 7) is 2.60. The van der Waals surface area contributed by atoms with Crippen LogP contribution in [0.25, 0.3) is 0 Å². The number of ether oxygens (including phenoxy) is 2. The zero-order chi connectivity index (χ0) is 25.8. The Morgan fingerprint density at radius 1 is 1.00 bits per heavy atom. The van der Waals surface area contributed by atoms with Gasteiger partial charge in [-0.25, -0.2) is 8.42 Å². The van der Waals surface area contributed by atoms with Crippen molar-refractivity contribution in [1.82, 2.24) is 14.1 Å². The van der Waals surface area contributed by atoms with Crippen LogP contribution < -0.4 is 66.0 Å². The molecule has 0 fully saturated rings. The summed E-state index contributed by atoms with van der Waals surface area (Å²) in [5.74, 6) is -0.346.